The van der Waals surface area contributed by atoms with Gasteiger partial charge in [-0.2, -0.15) is 0 Å². The highest BCUT2D eigenvalue weighted by molar-refractivity contribution is 14.1. The molecule has 0 spiro atoms. The highest BCUT2D eigenvalue weighted by atomic mass is 127. The van der Waals surface area contributed by atoms with Gasteiger partial charge in [-0.3, -0.25) is 9.59 Å². The Kier molecular flexibility index (Phi) is 7.23. The predicted molar refractivity (Wildman–Crippen MR) is 136 cm³/mol. The summed E-state index contributed by atoms with van der Waals surface area (Å²) in [5.74, 6) is 0.305. The molecule has 0 fully saturated rings. The Balaban J connectivity index is 1.44. The average Bonchev–Trinajstić information content (AvgIpc) is 3.33. The van der Waals surface area contributed by atoms with Gasteiger partial charge in [0.05, 0.1) is 15.4 Å². The Morgan fingerprint density at radius 3 is 2.72 bits per heavy atom. The van der Waals surface area contributed by atoms with Crippen molar-refractivity contribution in [2.45, 2.75) is 11.0 Å². The number of carbonyl (C=O) groups is 2. The Hall–Kier alpha value is -3.11. The van der Waals surface area contributed by atoms with Crippen LogP contribution in [0.3, 0.4) is 0 Å². The smallest absolute Gasteiger partial charge is 0.261 e. The lowest BCUT2D eigenvalue weighted by Crippen LogP contribution is -2.21. The second kappa shape index (κ2) is 10.5. The number of amides is 1. The van der Waals surface area contributed by atoms with Crippen molar-refractivity contribution >= 4 is 57.8 Å². The number of halogens is 1. The summed E-state index contributed by atoms with van der Waals surface area (Å²) < 4.78 is 0.937. The average molecular weight is 554 g/mol. The van der Waals surface area contributed by atoms with Crippen LogP contribution in [0.2, 0.25) is 0 Å². The summed E-state index contributed by atoms with van der Waals surface area (Å²) in [6, 6.07) is 20.8. The second-order valence-electron chi connectivity index (χ2n) is 6.93. The van der Waals surface area contributed by atoms with Crippen LogP contribution in [0.15, 0.2) is 72.9 Å². The van der Waals surface area contributed by atoms with E-state index in [1.165, 1.54) is 16.9 Å². The number of anilines is 2. The molecular formula is C24H19IN4O2S. The van der Waals surface area contributed by atoms with Crippen LogP contribution in [0.4, 0.5) is 11.6 Å². The van der Waals surface area contributed by atoms with Gasteiger partial charge in [-0.25, -0.2) is 9.97 Å². The summed E-state index contributed by atoms with van der Waals surface area (Å²) in [6.45, 7) is 0.484. The van der Waals surface area contributed by atoms with E-state index in [4.69, 9.17) is 0 Å². The van der Waals surface area contributed by atoms with Gasteiger partial charge in [-0.15, -0.1) is 11.3 Å². The fourth-order valence-corrected chi connectivity index (χ4v) is 4.43. The fourth-order valence-electron chi connectivity index (χ4n) is 3.06. The minimum Gasteiger partial charge on any atom is -0.347 e. The lowest BCUT2D eigenvalue weighted by Gasteiger charge is -2.06. The fraction of sp³-hybridized carbons (Fsp3) is 0.0833. The maximum atomic E-state index is 12.6. The molecule has 0 aliphatic heterocycles. The number of rotatable bonds is 8. The number of nitrogens with one attached hydrogen (secondary N) is 2. The SMILES string of the molecule is O=Cc1cccc(Nc2nccc(-c3ccc(C(=O)NCc4cccc(CI)c4)s3)n2)c1. The van der Waals surface area contributed by atoms with E-state index in [1.807, 2.05) is 24.3 Å². The second-order valence-corrected chi connectivity index (χ2v) is 8.78. The van der Waals surface area contributed by atoms with Crippen LogP contribution in [0, 0.1) is 0 Å². The predicted octanol–water partition coefficient (Wildman–Crippen LogP) is 5.63. The molecular weight excluding hydrogens is 535 g/mol. The van der Waals surface area contributed by atoms with Crippen molar-refractivity contribution in [2.75, 3.05) is 5.32 Å². The first-order valence-electron chi connectivity index (χ1n) is 9.82. The normalized spacial score (nSPS) is 10.5. The van der Waals surface area contributed by atoms with E-state index >= 15 is 0 Å². The summed E-state index contributed by atoms with van der Waals surface area (Å²) in [6.07, 6.45) is 2.45. The van der Waals surface area contributed by atoms with E-state index in [2.05, 4.69) is 55.3 Å². The third kappa shape index (κ3) is 5.57. The van der Waals surface area contributed by atoms with E-state index in [-0.39, 0.29) is 5.91 Å². The molecule has 2 heterocycles. The number of hydrogen-bond acceptors (Lipinski definition) is 6. The summed E-state index contributed by atoms with van der Waals surface area (Å²) in [4.78, 5) is 33.9. The highest BCUT2D eigenvalue weighted by Gasteiger charge is 2.12. The summed E-state index contributed by atoms with van der Waals surface area (Å²) >= 11 is 3.71. The number of hydrogen-bond donors (Lipinski definition) is 2. The summed E-state index contributed by atoms with van der Waals surface area (Å²) in [5, 5.41) is 6.09. The zero-order valence-corrected chi connectivity index (χ0v) is 19.9. The van der Waals surface area contributed by atoms with Crippen LogP contribution in [-0.4, -0.2) is 22.2 Å². The van der Waals surface area contributed by atoms with Crippen LogP contribution >= 0.6 is 33.9 Å². The van der Waals surface area contributed by atoms with Crippen molar-refractivity contribution in [3.05, 3.63) is 94.5 Å². The number of nitrogens with zero attached hydrogens (tertiary/aromatic N) is 2. The van der Waals surface area contributed by atoms with E-state index in [0.717, 1.165) is 26.8 Å². The molecule has 0 atom stereocenters. The minimum absolute atomic E-state index is 0.112. The molecule has 4 rings (SSSR count). The molecule has 0 bridgehead atoms. The lowest BCUT2D eigenvalue weighted by atomic mass is 10.1. The first kappa shape index (κ1) is 22.1. The summed E-state index contributed by atoms with van der Waals surface area (Å²) in [5.41, 5.74) is 4.33. The standard InChI is InChI=1S/C24H19IN4O2S/c25-13-16-3-1-4-17(11-16)14-27-23(31)22-8-7-21(32-22)20-9-10-26-24(29-20)28-19-6-2-5-18(12-19)15-30/h1-12,15H,13-14H2,(H,27,31)(H,26,28,29). The highest BCUT2D eigenvalue weighted by Crippen LogP contribution is 2.27. The molecule has 0 aliphatic rings. The van der Waals surface area contributed by atoms with Crippen LogP contribution < -0.4 is 10.6 Å². The van der Waals surface area contributed by atoms with Crippen LogP contribution in [0.1, 0.15) is 31.2 Å². The summed E-state index contributed by atoms with van der Waals surface area (Å²) in [7, 11) is 0. The quantitative estimate of drug-likeness (QED) is 0.168. The van der Waals surface area contributed by atoms with E-state index in [1.54, 1.807) is 36.5 Å². The largest absolute Gasteiger partial charge is 0.347 e. The van der Waals surface area contributed by atoms with Crippen molar-refractivity contribution in [2.24, 2.45) is 0 Å². The van der Waals surface area contributed by atoms with E-state index in [9.17, 15) is 9.59 Å². The van der Waals surface area contributed by atoms with Gasteiger partial charge in [-0.1, -0.05) is 59.0 Å². The minimum atomic E-state index is -0.112. The van der Waals surface area contributed by atoms with Crippen molar-refractivity contribution in [3.8, 4) is 10.6 Å². The molecule has 160 valence electrons. The monoisotopic (exact) mass is 554 g/mol. The Bertz CT molecular complexity index is 1260. The molecule has 2 N–H and O–H groups in total. The van der Waals surface area contributed by atoms with Crippen molar-refractivity contribution in [1.29, 1.82) is 0 Å². The zero-order chi connectivity index (χ0) is 22.3. The maximum absolute atomic E-state index is 12.6. The van der Waals surface area contributed by atoms with E-state index in [0.29, 0.717) is 28.6 Å². The molecule has 0 radical (unpaired) electrons. The molecule has 2 aromatic carbocycles. The molecule has 6 nitrogen and oxygen atoms in total. The number of benzene rings is 2. The van der Waals surface area contributed by atoms with Gasteiger partial charge in [0, 0.05) is 28.4 Å². The van der Waals surface area contributed by atoms with Crippen LogP contribution in [0.25, 0.3) is 10.6 Å². The number of alkyl halides is 1. The molecule has 8 heteroatoms. The molecule has 0 saturated heterocycles. The van der Waals surface area contributed by atoms with Gasteiger partial charge in [0.2, 0.25) is 5.95 Å². The van der Waals surface area contributed by atoms with Crippen molar-refractivity contribution in [1.82, 2.24) is 15.3 Å². The lowest BCUT2D eigenvalue weighted by molar-refractivity contribution is 0.0954. The first-order valence-corrected chi connectivity index (χ1v) is 12.2. The number of aldehydes is 1. The maximum Gasteiger partial charge on any atom is 0.261 e. The molecule has 0 saturated carbocycles. The molecule has 32 heavy (non-hydrogen) atoms. The van der Waals surface area contributed by atoms with Gasteiger partial charge in [0.25, 0.3) is 5.91 Å². The zero-order valence-electron chi connectivity index (χ0n) is 16.9. The molecule has 1 amide bonds. The number of thiophene rings is 1. The third-order valence-electron chi connectivity index (χ3n) is 4.62. The van der Waals surface area contributed by atoms with Gasteiger partial charge in [0.15, 0.2) is 0 Å². The molecule has 0 unspecified atom stereocenters. The van der Waals surface area contributed by atoms with Crippen LogP contribution in [-0.2, 0) is 11.0 Å². The van der Waals surface area contributed by atoms with Crippen molar-refractivity contribution < 1.29 is 9.59 Å². The van der Waals surface area contributed by atoms with Crippen molar-refractivity contribution in [3.63, 3.8) is 0 Å². The molecule has 4 aromatic rings. The van der Waals surface area contributed by atoms with Gasteiger partial charge < -0.3 is 10.6 Å². The Morgan fingerprint density at radius 2 is 1.88 bits per heavy atom. The van der Waals surface area contributed by atoms with Crippen LogP contribution in [0.5, 0.6) is 0 Å². The Morgan fingerprint density at radius 1 is 1.03 bits per heavy atom. The van der Waals surface area contributed by atoms with E-state index < -0.39 is 0 Å². The van der Waals surface area contributed by atoms with Gasteiger partial charge in [-0.05, 0) is 41.5 Å². The Labute approximate surface area is 203 Å². The van der Waals surface area contributed by atoms with Gasteiger partial charge in [0.1, 0.15) is 6.29 Å². The number of aromatic nitrogens is 2. The molecule has 0 aliphatic carbocycles. The van der Waals surface area contributed by atoms with Gasteiger partial charge >= 0.3 is 0 Å². The topological polar surface area (TPSA) is 84.0 Å². The first-order chi connectivity index (χ1) is 15.6. The number of carbonyl (C=O) groups excluding carboxylic acids is 2. The molecule has 2 aromatic heterocycles. The third-order valence-corrected chi connectivity index (χ3v) is 6.60.